The third-order valence-corrected chi connectivity index (χ3v) is 3.76. The van der Waals surface area contributed by atoms with Gasteiger partial charge in [-0.3, -0.25) is 4.98 Å². The number of anilines is 1. The highest BCUT2D eigenvalue weighted by Gasteiger charge is 2.07. The van der Waals surface area contributed by atoms with Gasteiger partial charge in [-0.15, -0.1) is 0 Å². The van der Waals surface area contributed by atoms with Gasteiger partial charge in [0.05, 0.1) is 3.57 Å². The van der Waals surface area contributed by atoms with Gasteiger partial charge >= 0.3 is 0 Å². The summed E-state index contributed by atoms with van der Waals surface area (Å²) in [5.41, 5.74) is 6.66. The van der Waals surface area contributed by atoms with Crippen molar-refractivity contribution in [3.8, 4) is 11.5 Å². The molecule has 19 heavy (non-hydrogen) atoms. The van der Waals surface area contributed by atoms with Gasteiger partial charge in [-0.2, -0.15) is 0 Å². The van der Waals surface area contributed by atoms with E-state index in [1.54, 1.807) is 12.4 Å². The zero-order valence-electron chi connectivity index (χ0n) is 10.0. The second-order valence-electron chi connectivity index (χ2n) is 4.11. The Morgan fingerprint density at radius 2 is 1.79 bits per heavy atom. The molecule has 0 aliphatic rings. The molecule has 2 aromatic carbocycles. The van der Waals surface area contributed by atoms with E-state index >= 15 is 0 Å². The summed E-state index contributed by atoms with van der Waals surface area (Å²) in [6.07, 6.45) is 3.50. The first-order valence-corrected chi connectivity index (χ1v) is 6.88. The van der Waals surface area contributed by atoms with Gasteiger partial charge in [0.2, 0.25) is 0 Å². The number of fused-ring (bicyclic) bond motifs is 1. The number of pyridine rings is 1. The van der Waals surface area contributed by atoms with E-state index in [4.69, 9.17) is 10.5 Å². The van der Waals surface area contributed by atoms with Crippen LogP contribution in [0.5, 0.6) is 11.5 Å². The van der Waals surface area contributed by atoms with Gasteiger partial charge in [-0.1, -0.05) is 12.1 Å². The summed E-state index contributed by atoms with van der Waals surface area (Å²) >= 11 is 2.26. The number of rotatable bonds is 2. The van der Waals surface area contributed by atoms with Gasteiger partial charge in [0.15, 0.2) is 0 Å². The van der Waals surface area contributed by atoms with E-state index in [0.29, 0.717) is 5.69 Å². The Labute approximate surface area is 124 Å². The summed E-state index contributed by atoms with van der Waals surface area (Å²) in [5.74, 6) is 1.63. The van der Waals surface area contributed by atoms with Crippen LogP contribution in [0, 0.1) is 3.57 Å². The largest absolute Gasteiger partial charge is 0.456 e. The minimum Gasteiger partial charge on any atom is -0.456 e. The Kier molecular flexibility index (Phi) is 3.25. The highest BCUT2D eigenvalue weighted by atomic mass is 127. The van der Waals surface area contributed by atoms with E-state index in [0.717, 1.165) is 25.8 Å². The molecule has 0 spiro atoms. The maximum absolute atomic E-state index is 5.99. The SMILES string of the molecule is Nc1ccc(Oc2ccccc2I)c2ccncc12. The predicted octanol–water partition coefficient (Wildman–Crippen LogP) is 4.21. The molecule has 94 valence electrons. The molecule has 0 fully saturated rings. The molecule has 2 N–H and O–H groups in total. The van der Waals surface area contributed by atoms with Crippen LogP contribution in [-0.2, 0) is 0 Å². The number of benzene rings is 2. The van der Waals surface area contributed by atoms with Crippen molar-refractivity contribution in [2.45, 2.75) is 0 Å². The van der Waals surface area contributed by atoms with Crippen molar-refractivity contribution in [2.75, 3.05) is 5.73 Å². The Morgan fingerprint density at radius 3 is 2.63 bits per heavy atom. The van der Waals surface area contributed by atoms with Crippen molar-refractivity contribution in [2.24, 2.45) is 0 Å². The lowest BCUT2D eigenvalue weighted by atomic mass is 10.1. The highest BCUT2D eigenvalue weighted by Crippen LogP contribution is 2.34. The molecular weight excluding hydrogens is 351 g/mol. The molecule has 0 aliphatic heterocycles. The number of nitrogen functional groups attached to an aromatic ring is 1. The molecule has 1 heterocycles. The van der Waals surface area contributed by atoms with Crippen LogP contribution in [0.15, 0.2) is 54.9 Å². The first kappa shape index (κ1) is 12.2. The molecule has 0 atom stereocenters. The Hall–Kier alpha value is -1.82. The van der Waals surface area contributed by atoms with E-state index in [1.807, 2.05) is 42.5 Å². The van der Waals surface area contributed by atoms with E-state index < -0.39 is 0 Å². The summed E-state index contributed by atoms with van der Waals surface area (Å²) in [5, 5.41) is 1.88. The van der Waals surface area contributed by atoms with Crippen molar-refractivity contribution >= 4 is 39.1 Å². The van der Waals surface area contributed by atoms with Gasteiger partial charge in [0.1, 0.15) is 11.5 Å². The molecular formula is C15H11IN2O. The number of hydrogen-bond acceptors (Lipinski definition) is 3. The third kappa shape index (κ3) is 2.35. The number of nitrogens with zero attached hydrogens (tertiary/aromatic N) is 1. The second-order valence-corrected chi connectivity index (χ2v) is 5.27. The molecule has 3 aromatic rings. The maximum atomic E-state index is 5.99. The van der Waals surface area contributed by atoms with E-state index in [-0.39, 0.29) is 0 Å². The van der Waals surface area contributed by atoms with E-state index in [1.165, 1.54) is 0 Å². The van der Waals surface area contributed by atoms with Crippen molar-refractivity contribution < 1.29 is 4.74 Å². The lowest BCUT2D eigenvalue weighted by Gasteiger charge is -2.11. The highest BCUT2D eigenvalue weighted by molar-refractivity contribution is 14.1. The number of ether oxygens (including phenoxy) is 1. The van der Waals surface area contributed by atoms with Crippen molar-refractivity contribution in [1.82, 2.24) is 4.98 Å². The van der Waals surface area contributed by atoms with Crippen LogP contribution in [0.4, 0.5) is 5.69 Å². The van der Waals surface area contributed by atoms with E-state index in [9.17, 15) is 0 Å². The van der Waals surface area contributed by atoms with Crippen LogP contribution >= 0.6 is 22.6 Å². The molecule has 0 amide bonds. The summed E-state index contributed by atoms with van der Waals surface area (Å²) in [7, 11) is 0. The minimum absolute atomic E-state index is 0.707. The number of aromatic nitrogens is 1. The zero-order valence-corrected chi connectivity index (χ0v) is 12.2. The fourth-order valence-electron chi connectivity index (χ4n) is 1.92. The maximum Gasteiger partial charge on any atom is 0.140 e. The molecule has 0 bridgehead atoms. The standard InChI is InChI=1S/C15H11IN2O/c16-12-3-1-2-4-15(12)19-14-6-5-13(17)11-9-18-8-7-10(11)14/h1-9H,17H2. The molecule has 0 saturated heterocycles. The average Bonchev–Trinajstić information content (AvgIpc) is 2.44. The first-order chi connectivity index (χ1) is 9.25. The minimum atomic E-state index is 0.707. The molecule has 0 aliphatic carbocycles. The Bertz CT molecular complexity index is 743. The van der Waals surface area contributed by atoms with Gasteiger partial charge in [-0.05, 0) is 52.9 Å². The number of para-hydroxylation sites is 1. The van der Waals surface area contributed by atoms with Crippen LogP contribution in [-0.4, -0.2) is 4.98 Å². The second kappa shape index (κ2) is 5.05. The lowest BCUT2D eigenvalue weighted by molar-refractivity contribution is 0.485. The summed E-state index contributed by atoms with van der Waals surface area (Å²) in [6.45, 7) is 0. The number of hydrogen-bond donors (Lipinski definition) is 1. The lowest BCUT2D eigenvalue weighted by Crippen LogP contribution is -1.92. The molecule has 4 heteroatoms. The number of halogens is 1. The van der Waals surface area contributed by atoms with Gasteiger partial charge in [0, 0.05) is 28.9 Å². The monoisotopic (exact) mass is 362 g/mol. The predicted molar refractivity (Wildman–Crippen MR) is 85.4 cm³/mol. The van der Waals surface area contributed by atoms with E-state index in [2.05, 4.69) is 27.6 Å². The fraction of sp³-hybridized carbons (Fsp3) is 0. The quantitative estimate of drug-likeness (QED) is 0.549. The molecule has 0 saturated carbocycles. The third-order valence-electron chi connectivity index (χ3n) is 2.87. The first-order valence-electron chi connectivity index (χ1n) is 5.80. The van der Waals surface area contributed by atoms with Crippen molar-refractivity contribution in [1.29, 1.82) is 0 Å². The van der Waals surface area contributed by atoms with Gasteiger partial charge in [0.25, 0.3) is 0 Å². The smallest absolute Gasteiger partial charge is 0.140 e. The van der Waals surface area contributed by atoms with Gasteiger partial charge in [-0.25, -0.2) is 0 Å². The summed E-state index contributed by atoms with van der Waals surface area (Å²) in [6, 6.07) is 13.5. The van der Waals surface area contributed by atoms with Crippen LogP contribution in [0.3, 0.4) is 0 Å². The van der Waals surface area contributed by atoms with Crippen molar-refractivity contribution in [3.05, 3.63) is 58.4 Å². The molecule has 0 unspecified atom stereocenters. The topological polar surface area (TPSA) is 48.1 Å². The normalized spacial score (nSPS) is 10.6. The van der Waals surface area contributed by atoms with Crippen LogP contribution in [0.25, 0.3) is 10.8 Å². The molecule has 0 radical (unpaired) electrons. The van der Waals surface area contributed by atoms with Gasteiger partial charge < -0.3 is 10.5 Å². The van der Waals surface area contributed by atoms with Crippen LogP contribution in [0.1, 0.15) is 0 Å². The van der Waals surface area contributed by atoms with Crippen LogP contribution < -0.4 is 10.5 Å². The average molecular weight is 362 g/mol. The summed E-state index contributed by atoms with van der Waals surface area (Å²) in [4.78, 5) is 4.10. The fourth-order valence-corrected chi connectivity index (χ4v) is 2.42. The zero-order chi connectivity index (χ0) is 13.2. The molecule has 3 nitrogen and oxygen atoms in total. The molecule has 1 aromatic heterocycles. The Balaban J connectivity index is 2.12. The summed E-state index contributed by atoms with van der Waals surface area (Å²) < 4.78 is 7.06. The van der Waals surface area contributed by atoms with Crippen LogP contribution in [0.2, 0.25) is 0 Å². The van der Waals surface area contributed by atoms with Crippen molar-refractivity contribution in [3.63, 3.8) is 0 Å². The molecule has 3 rings (SSSR count). The Morgan fingerprint density at radius 1 is 0.947 bits per heavy atom. The number of nitrogens with two attached hydrogens (primary N) is 1.